The van der Waals surface area contributed by atoms with Crippen molar-refractivity contribution in [2.75, 3.05) is 18.8 Å². The molecule has 1 atom stereocenters. The summed E-state index contributed by atoms with van der Waals surface area (Å²) in [6.45, 7) is 6.96. The van der Waals surface area contributed by atoms with E-state index in [0.29, 0.717) is 17.7 Å². The van der Waals surface area contributed by atoms with Gasteiger partial charge >= 0.3 is 5.69 Å². The predicted molar refractivity (Wildman–Crippen MR) is 108 cm³/mol. The monoisotopic (exact) mass is 382 g/mol. The van der Waals surface area contributed by atoms with Crippen LogP contribution in [0.5, 0.6) is 0 Å². The number of para-hydroxylation sites is 1. The highest BCUT2D eigenvalue weighted by atomic mass is 35.5. The summed E-state index contributed by atoms with van der Waals surface area (Å²) in [5.41, 5.74) is 0.886. The number of aromatic nitrogens is 3. The Bertz CT molecular complexity index is 708. The van der Waals surface area contributed by atoms with Crippen LogP contribution >= 0.6 is 24.2 Å². The lowest BCUT2D eigenvalue weighted by Gasteiger charge is -2.22. The zero-order chi connectivity index (χ0) is 16.9. The summed E-state index contributed by atoms with van der Waals surface area (Å²) < 4.78 is 3.45. The minimum absolute atomic E-state index is 0. The van der Waals surface area contributed by atoms with Gasteiger partial charge in [-0.25, -0.2) is 14.0 Å². The quantitative estimate of drug-likeness (QED) is 0.834. The molecule has 3 rings (SSSR count). The molecule has 1 aromatic carbocycles. The maximum absolute atomic E-state index is 12.9. The molecule has 0 saturated carbocycles. The molecule has 25 heavy (non-hydrogen) atoms. The molecule has 138 valence electrons. The van der Waals surface area contributed by atoms with Crippen LogP contribution in [0.2, 0.25) is 0 Å². The molecule has 1 unspecified atom stereocenters. The van der Waals surface area contributed by atoms with Crippen LogP contribution in [0.25, 0.3) is 5.69 Å². The van der Waals surface area contributed by atoms with Gasteiger partial charge in [0.2, 0.25) is 0 Å². The first-order valence-electron chi connectivity index (χ1n) is 8.74. The van der Waals surface area contributed by atoms with Crippen molar-refractivity contribution in [3.8, 4) is 5.69 Å². The Morgan fingerprint density at radius 1 is 1.32 bits per heavy atom. The molecule has 1 N–H and O–H groups in total. The fourth-order valence-electron chi connectivity index (χ4n) is 3.10. The number of nitrogens with one attached hydrogen (secondary N) is 1. The highest BCUT2D eigenvalue weighted by Gasteiger charge is 2.24. The third-order valence-electron chi connectivity index (χ3n) is 4.30. The average molecular weight is 383 g/mol. The maximum Gasteiger partial charge on any atom is 0.350 e. The van der Waals surface area contributed by atoms with E-state index in [-0.39, 0.29) is 18.1 Å². The summed E-state index contributed by atoms with van der Waals surface area (Å²) in [4.78, 5) is 12.9. The number of rotatable bonds is 6. The Kier molecular flexibility index (Phi) is 7.59. The second kappa shape index (κ2) is 9.46. The van der Waals surface area contributed by atoms with Gasteiger partial charge in [-0.1, -0.05) is 32.0 Å². The van der Waals surface area contributed by atoms with Crippen LogP contribution < -0.4 is 11.0 Å². The van der Waals surface area contributed by atoms with E-state index in [1.807, 2.05) is 42.1 Å². The van der Waals surface area contributed by atoms with Crippen LogP contribution in [0, 0.1) is 0 Å². The van der Waals surface area contributed by atoms with E-state index in [9.17, 15) is 4.79 Å². The third kappa shape index (κ3) is 4.90. The summed E-state index contributed by atoms with van der Waals surface area (Å²) in [5, 5.41) is 8.72. The van der Waals surface area contributed by atoms with Crippen LogP contribution in [0.15, 0.2) is 35.1 Å². The van der Waals surface area contributed by atoms with Gasteiger partial charge in [-0.15, -0.1) is 12.4 Å². The van der Waals surface area contributed by atoms with E-state index in [1.54, 1.807) is 9.25 Å². The van der Waals surface area contributed by atoms with Crippen molar-refractivity contribution >= 4 is 24.2 Å². The summed E-state index contributed by atoms with van der Waals surface area (Å²) in [6.07, 6.45) is 2.21. The van der Waals surface area contributed by atoms with Crippen molar-refractivity contribution in [2.45, 2.75) is 44.4 Å². The minimum Gasteiger partial charge on any atom is -0.316 e. The van der Waals surface area contributed by atoms with Crippen LogP contribution in [-0.4, -0.2) is 38.4 Å². The van der Waals surface area contributed by atoms with E-state index in [2.05, 4.69) is 19.2 Å². The smallest absolute Gasteiger partial charge is 0.316 e. The highest BCUT2D eigenvalue weighted by molar-refractivity contribution is 7.99. The lowest BCUT2D eigenvalue weighted by molar-refractivity contribution is 0.439. The fraction of sp³-hybridized carbons (Fsp3) is 0.556. The molecule has 0 bridgehead atoms. The number of thioether (sulfide) groups is 1. The maximum atomic E-state index is 12.9. The van der Waals surface area contributed by atoms with E-state index < -0.39 is 0 Å². The molecule has 1 aromatic heterocycles. The Morgan fingerprint density at radius 3 is 2.72 bits per heavy atom. The zero-order valence-electron chi connectivity index (χ0n) is 14.9. The van der Waals surface area contributed by atoms with Gasteiger partial charge in [0.1, 0.15) is 5.82 Å². The summed E-state index contributed by atoms with van der Waals surface area (Å²) >= 11 is 1.86. The molecule has 2 heterocycles. The summed E-state index contributed by atoms with van der Waals surface area (Å²) in [6, 6.07) is 9.87. The van der Waals surface area contributed by atoms with Crippen molar-refractivity contribution in [1.29, 1.82) is 0 Å². The van der Waals surface area contributed by atoms with Crippen LogP contribution in [0.1, 0.15) is 38.4 Å². The topological polar surface area (TPSA) is 51.9 Å². The molecule has 0 spiro atoms. The zero-order valence-corrected chi connectivity index (χ0v) is 16.5. The third-order valence-corrected chi connectivity index (χ3v) is 5.38. The first-order valence-corrected chi connectivity index (χ1v) is 9.79. The number of hydrogen-bond acceptors (Lipinski definition) is 4. The van der Waals surface area contributed by atoms with Crippen molar-refractivity contribution in [3.63, 3.8) is 0 Å². The largest absolute Gasteiger partial charge is 0.350 e. The highest BCUT2D eigenvalue weighted by Crippen LogP contribution is 2.23. The number of nitrogens with zero attached hydrogens (tertiary/aromatic N) is 3. The van der Waals surface area contributed by atoms with Crippen LogP contribution in [-0.2, 0) is 6.54 Å². The van der Waals surface area contributed by atoms with Crippen molar-refractivity contribution in [1.82, 2.24) is 19.7 Å². The van der Waals surface area contributed by atoms with E-state index in [0.717, 1.165) is 43.2 Å². The minimum atomic E-state index is -0.0221. The van der Waals surface area contributed by atoms with Crippen molar-refractivity contribution in [2.24, 2.45) is 0 Å². The molecule has 1 aliphatic heterocycles. The number of benzene rings is 1. The van der Waals surface area contributed by atoms with Gasteiger partial charge in [-0.2, -0.15) is 16.9 Å². The van der Waals surface area contributed by atoms with Crippen LogP contribution in [0.4, 0.5) is 0 Å². The van der Waals surface area contributed by atoms with Gasteiger partial charge in [0.15, 0.2) is 0 Å². The lowest BCUT2D eigenvalue weighted by Crippen LogP contribution is -2.31. The molecular weight excluding hydrogens is 356 g/mol. The molecule has 0 amide bonds. The van der Waals surface area contributed by atoms with E-state index >= 15 is 0 Å². The van der Waals surface area contributed by atoms with Gasteiger partial charge in [-0.3, -0.25) is 0 Å². The Labute approximate surface area is 159 Å². The molecule has 1 aliphatic rings. The van der Waals surface area contributed by atoms with Gasteiger partial charge in [0.05, 0.1) is 12.2 Å². The Balaban J connectivity index is 0.00000225. The molecule has 7 heteroatoms. The Hall–Kier alpha value is -1.24. The SMILES string of the molecule is CC(C)SCCn1nc(C2CCCNC2)n(-c2ccccc2)c1=O.Cl. The van der Waals surface area contributed by atoms with E-state index in [4.69, 9.17) is 5.10 Å². The number of piperidine rings is 1. The van der Waals surface area contributed by atoms with Crippen molar-refractivity contribution < 1.29 is 0 Å². The molecule has 0 radical (unpaired) electrons. The molecule has 0 aliphatic carbocycles. The first-order chi connectivity index (χ1) is 11.7. The first kappa shape index (κ1) is 20.1. The van der Waals surface area contributed by atoms with Gasteiger partial charge in [-0.05, 0) is 36.8 Å². The summed E-state index contributed by atoms with van der Waals surface area (Å²) in [5.74, 6) is 2.10. The average Bonchev–Trinajstić information content (AvgIpc) is 2.93. The fourth-order valence-corrected chi connectivity index (χ4v) is 3.85. The van der Waals surface area contributed by atoms with E-state index in [1.165, 1.54) is 0 Å². The molecular formula is C18H27ClN4OS. The normalized spacial score (nSPS) is 17.5. The van der Waals surface area contributed by atoms with Gasteiger partial charge in [0, 0.05) is 18.2 Å². The second-order valence-electron chi connectivity index (χ2n) is 6.50. The molecule has 2 aromatic rings. The Morgan fingerprint density at radius 2 is 2.08 bits per heavy atom. The van der Waals surface area contributed by atoms with Gasteiger partial charge in [0.25, 0.3) is 0 Å². The van der Waals surface area contributed by atoms with Gasteiger partial charge < -0.3 is 5.32 Å². The summed E-state index contributed by atoms with van der Waals surface area (Å²) in [7, 11) is 0. The molecule has 1 fully saturated rings. The standard InChI is InChI=1S/C18H26N4OS.ClH/c1-14(2)24-12-11-21-18(23)22(16-8-4-3-5-9-16)17(20-21)15-7-6-10-19-13-15;/h3-5,8-9,14-15,19H,6-7,10-13H2,1-2H3;1H. The number of halogens is 1. The lowest BCUT2D eigenvalue weighted by atomic mass is 9.99. The van der Waals surface area contributed by atoms with Crippen molar-refractivity contribution in [3.05, 3.63) is 46.6 Å². The predicted octanol–water partition coefficient (Wildman–Crippen LogP) is 3.06. The van der Waals surface area contributed by atoms with Crippen LogP contribution in [0.3, 0.4) is 0 Å². The molecule has 5 nitrogen and oxygen atoms in total. The molecule has 1 saturated heterocycles. The second-order valence-corrected chi connectivity index (χ2v) is 8.18. The number of hydrogen-bond donors (Lipinski definition) is 1. The number of aryl methyl sites for hydroxylation is 1.